The van der Waals surface area contributed by atoms with Crippen LogP contribution in [0.5, 0.6) is 11.5 Å². The van der Waals surface area contributed by atoms with Crippen molar-refractivity contribution in [3.8, 4) is 22.9 Å². The molecule has 0 spiro atoms. The van der Waals surface area contributed by atoms with Gasteiger partial charge in [-0.1, -0.05) is 11.6 Å². The van der Waals surface area contributed by atoms with Crippen molar-refractivity contribution in [3.05, 3.63) is 53.1 Å². The number of nitrogens with one attached hydrogen (secondary N) is 2. The maximum Gasteiger partial charge on any atom is 0.337 e. The molecular formula is C20H21ClN5O3S+. The predicted octanol–water partition coefficient (Wildman–Crippen LogP) is 2.99. The number of aromatic hydroxyl groups is 1. The molecule has 0 unspecified atom stereocenters. The molecule has 0 saturated heterocycles. The van der Waals surface area contributed by atoms with Gasteiger partial charge in [-0.05, 0) is 66.7 Å². The number of phenols is 1. The summed E-state index contributed by atoms with van der Waals surface area (Å²) >= 11 is 7.26. The Hall–Kier alpha value is -3.04. The molecule has 156 valence electrons. The lowest BCUT2D eigenvalue weighted by atomic mass is 10.2. The van der Waals surface area contributed by atoms with Gasteiger partial charge in [-0.15, -0.1) is 5.10 Å². The molecule has 1 heterocycles. The Kier molecular flexibility index (Phi) is 7.31. The Morgan fingerprint density at radius 3 is 2.83 bits per heavy atom. The van der Waals surface area contributed by atoms with E-state index in [1.807, 2.05) is 35.8 Å². The van der Waals surface area contributed by atoms with Crippen LogP contribution in [-0.2, 0) is 11.3 Å². The third-order valence-corrected chi connectivity index (χ3v) is 5.36. The molecule has 0 fully saturated rings. The number of ether oxygens (including phenoxy) is 1. The Morgan fingerprint density at radius 1 is 1.37 bits per heavy atom. The van der Waals surface area contributed by atoms with Gasteiger partial charge in [-0.25, -0.2) is 9.99 Å². The topological polar surface area (TPSA) is 103 Å². The molecule has 0 radical (unpaired) electrons. The van der Waals surface area contributed by atoms with E-state index in [1.54, 1.807) is 12.1 Å². The van der Waals surface area contributed by atoms with Crippen LogP contribution in [-0.4, -0.2) is 40.3 Å². The molecule has 2 aromatic carbocycles. The van der Waals surface area contributed by atoms with E-state index in [0.717, 1.165) is 11.4 Å². The summed E-state index contributed by atoms with van der Waals surface area (Å²) in [6, 6.07) is 12.2. The fourth-order valence-electron chi connectivity index (χ4n) is 2.66. The van der Waals surface area contributed by atoms with E-state index < -0.39 is 0 Å². The number of rotatable bonds is 8. The molecule has 1 amide bonds. The fourth-order valence-corrected chi connectivity index (χ4v) is 3.60. The molecule has 3 aromatic rings. The first-order chi connectivity index (χ1) is 14.5. The second-order valence-electron chi connectivity index (χ2n) is 6.12. The number of aromatic amines is 1. The number of carbonyl (C=O) groups is 1. The van der Waals surface area contributed by atoms with Crippen LogP contribution in [0.15, 0.2) is 52.7 Å². The zero-order chi connectivity index (χ0) is 21.5. The number of methoxy groups -OCH3 is 1. The van der Waals surface area contributed by atoms with Gasteiger partial charge in [-0.3, -0.25) is 4.79 Å². The highest BCUT2D eigenvalue weighted by Gasteiger charge is 2.21. The van der Waals surface area contributed by atoms with Crippen LogP contribution in [0.3, 0.4) is 0 Å². The van der Waals surface area contributed by atoms with Gasteiger partial charge in [0.2, 0.25) is 0 Å². The summed E-state index contributed by atoms with van der Waals surface area (Å²) in [5.74, 6) is 1.11. The number of hydrogen-bond acceptors (Lipinski definition) is 6. The number of thioether (sulfide) groups is 1. The quantitative estimate of drug-likeness (QED) is 0.213. The number of carbonyl (C=O) groups excluding carboxylic acids is 1. The highest BCUT2D eigenvalue weighted by molar-refractivity contribution is 7.99. The molecule has 0 atom stereocenters. The van der Waals surface area contributed by atoms with E-state index in [1.165, 1.54) is 31.2 Å². The van der Waals surface area contributed by atoms with Gasteiger partial charge in [0.15, 0.2) is 11.5 Å². The van der Waals surface area contributed by atoms with Crippen LogP contribution in [0.1, 0.15) is 12.5 Å². The molecule has 8 nitrogen and oxygen atoms in total. The average molecular weight is 447 g/mol. The van der Waals surface area contributed by atoms with Crippen molar-refractivity contribution in [1.29, 1.82) is 0 Å². The van der Waals surface area contributed by atoms with Crippen LogP contribution in [0.25, 0.3) is 11.4 Å². The van der Waals surface area contributed by atoms with Gasteiger partial charge in [0.05, 0.1) is 36.3 Å². The molecule has 0 aliphatic rings. The minimum absolute atomic E-state index is 0.0382. The van der Waals surface area contributed by atoms with E-state index >= 15 is 0 Å². The summed E-state index contributed by atoms with van der Waals surface area (Å²) < 4.78 is 7.03. The Bertz CT molecular complexity index is 1050. The Balaban J connectivity index is 1.59. The molecule has 1 aromatic heterocycles. The Labute approximate surface area is 182 Å². The van der Waals surface area contributed by atoms with Crippen molar-refractivity contribution in [1.82, 2.24) is 15.6 Å². The summed E-state index contributed by atoms with van der Waals surface area (Å²) in [7, 11) is 1.46. The zero-order valence-electron chi connectivity index (χ0n) is 16.4. The van der Waals surface area contributed by atoms with Gasteiger partial charge < -0.3 is 9.84 Å². The number of hydrogen-bond donors (Lipinski definition) is 3. The molecule has 0 aliphatic carbocycles. The largest absolute Gasteiger partial charge is 0.504 e. The lowest BCUT2D eigenvalue weighted by molar-refractivity contribution is -0.719. The van der Waals surface area contributed by atoms with Crippen molar-refractivity contribution in [3.63, 3.8) is 0 Å². The molecule has 3 N–H and O–H groups in total. The number of hydrazone groups is 1. The zero-order valence-corrected chi connectivity index (χ0v) is 18.0. The summed E-state index contributed by atoms with van der Waals surface area (Å²) in [6.07, 6.45) is 1.48. The summed E-state index contributed by atoms with van der Waals surface area (Å²) in [6.45, 7) is 2.70. The SMILES string of the molecule is CC[n+]1c(SCC(=O)N/N=C/c2ccc(O)c(OC)c2)n[nH]c1-c1ccc(Cl)cc1. The van der Waals surface area contributed by atoms with Crippen molar-refractivity contribution in [2.24, 2.45) is 5.10 Å². The van der Waals surface area contributed by atoms with E-state index in [9.17, 15) is 9.90 Å². The van der Waals surface area contributed by atoms with Crippen molar-refractivity contribution < 1.29 is 19.2 Å². The van der Waals surface area contributed by atoms with E-state index in [0.29, 0.717) is 28.0 Å². The summed E-state index contributed by atoms with van der Waals surface area (Å²) in [5, 5.41) is 22.2. The van der Waals surface area contributed by atoms with Gasteiger partial charge in [0.25, 0.3) is 11.7 Å². The van der Waals surface area contributed by atoms with E-state index in [-0.39, 0.29) is 17.4 Å². The van der Waals surface area contributed by atoms with Crippen LogP contribution >= 0.6 is 23.4 Å². The number of nitrogens with zero attached hydrogens (tertiary/aromatic N) is 3. The normalized spacial score (nSPS) is 11.0. The molecule has 10 heteroatoms. The Morgan fingerprint density at radius 2 is 2.13 bits per heavy atom. The lowest BCUT2D eigenvalue weighted by Crippen LogP contribution is -2.36. The van der Waals surface area contributed by atoms with E-state index in [4.69, 9.17) is 16.3 Å². The maximum absolute atomic E-state index is 12.1. The fraction of sp³-hybridized carbons (Fsp3) is 0.200. The third kappa shape index (κ3) is 5.31. The first-order valence-electron chi connectivity index (χ1n) is 9.07. The summed E-state index contributed by atoms with van der Waals surface area (Å²) in [5.41, 5.74) is 4.12. The van der Waals surface area contributed by atoms with Crippen molar-refractivity contribution in [2.45, 2.75) is 18.6 Å². The standard InChI is InChI=1S/C20H20ClN5O3S/c1-3-26-19(14-5-7-15(21)8-6-14)24-25-20(26)30-12-18(28)23-22-11-13-4-9-16(27)17(10-13)29-2/h4-11H,3,12H2,1-2H3,(H2,22,23,27,28)/p+1. The van der Waals surface area contributed by atoms with Crippen molar-refractivity contribution in [2.75, 3.05) is 12.9 Å². The smallest absolute Gasteiger partial charge is 0.337 e. The van der Waals surface area contributed by atoms with Crippen molar-refractivity contribution >= 4 is 35.5 Å². The minimum atomic E-state index is -0.263. The maximum atomic E-state index is 12.1. The number of benzene rings is 2. The number of phenolic OH excluding ortho intramolecular Hbond substituents is 1. The molecule has 0 bridgehead atoms. The second-order valence-corrected chi connectivity index (χ2v) is 7.50. The number of amides is 1. The number of H-pyrrole nitrogens is 1. The monoisotopic (exact) mass is 446 g/mol. The molecule has 3 rings (SSSR count). The predicted molar refractivity (Wildman–Crippen MR) is 116 cm³/mol. The van der Waals surface area contributed by atoms with E-state index in [2.05, 4.69) is 20.7 Å². The van der Waals surface area contributed by atoms with Gasteiger partial charge in [0.1, 0.15) is 0 Å². The van der Waals surface area contributed by atoms with Crippen LogP contribution in [0, 0.1) is 0 Å². The van der Waals surface area contributed by atoms with Gasteiger partial charge >= 0.3 is 5.16 Å². The summed E-state index contributed by atoms with van der Waals surface area (Å²) in [4.78, 5) is 12.1. The number of aromatic nitrogens is 3. The third-order valence-electron chi connectivity index (χ3n) is 4.13. The first kappa shape index (κ1) is 21.7. The lowest BCUT2D eigenvalue weighted by Gasteiger charge is -2.03. The molecule has 0 saturated carbocycles. The average Bonchev–Trinajstić information content (AvgIpc) is 3.17. The second kappa shape index (κ2) is 10.1. The van der Waals surface area contributed by atoms with Crippen LogP contribution in [0.2, 0.25) is 5.02 Å². The van der Waals surface area contributed by atoms with Crippen LogP contribution in [0.4, 0.5) is 0 Å². The van der Waals surface area contributed by atoms with Gasteiger partial charge in [-0.2, -0.15) is 5.10 Å². The van der Waals surface area contributed by atoms with Crippen LogP contribution < -0.4 is 14.7 Å². The molecule has 0 aliphatic heterocycles. The molecule has 30 heavy (non-hydrogen) atoms. The highest BCUT2D eigenvalue weighted by atomic mass is 35.5. The molecular weight excluding hydrogens is 426 g/mol. The minimum Gasteiger partial charge on any atom is -0.504 e. The van der Waals surface area contributed by atoms with Gasteiger partial charge in [0, 0.05) is 5.02 Å². The first-order valence-corrected chi connectivity index (χ1v) is 10.4. The number of halogens is 1. The highest BCUT2D eigenvalue weighted by Crippen LogP contribution is 2.25.